The smallest absolute Gasteiger partial charge is 0.225 e. The van der Waals surface area contributed by atoms with Crippen molar-refractivity contribution in [3.63, 3.8) is 0 Å². The molecule has 1 amide bonds. The van der Waals surface area contributed by atoms with Crippen molar-refractivity contribution in [2.45, 2.75) is 19.9 Å². The summed E-state index contributed by atoms with van der Waals surface area (Å²) in [5.41, 5.74) is 3.03. The summed E-state index contributed by atoms with van der Waals surface area (Å²) >= 11 is 1.56. The van der Waals surface area contributed by atoms with Gasteiger partial charge in [0, 0.05) is 17.0 Å². The molecule has 3 aromatic rings. The molecular weight excluding hydrogens is 332 g/mol. The van der Waals surface area contributed by atoms with Crippen molar-refractivity contribution < 1.29 is 9.53 Å². The number of nitrogens with one attached hydrogen (secondary N) is 1. The lowest BCUT2D eigenvalue weighted by Crippen LogP contribution is -2.24. The van der Waals surface area contributed by atoms with E-state index in [1.165, 1.54) is 0 Å². The van der Waals surface area contributed by atoms with Crippen molar-refractivity contribution in [3.8, 4) is 16.3 Å². The molecule has 0 fully saturated rings. The Balaban J connectivity index is 1.64. The molecule has 4 nitrogen and oxygen atoms in total. The normalized spacial score (nSPS) is 10.5. The molecular formula is C20H20N2O2S. The monoisotopic (exact) mass is 352 g/mol. The molecule has 0 aliphatic carbocycles. The predicted octanol–water partition coefficient (Wildman–Crippen LogP) is 3.99. The van der Waals surface area contributed by atoms with Gasteiger partial charge in [-0.2, -0.15) is 0 Å². The van der Waals surface area contributed by atoms with Crippen molar-refractivity contribution in [3.05, 3.63) is 70.7 Å². The molecule has 0 saturated heterocycles. The maximum atomic E-state index is 12.2. The quantitative estimate of drug-likeness (QED) is 0.730. The fourth-order valence-corrected chi connectivity index (χ4v) is 3.52. The molecule has 0 spiro atoms. The summed E-state index contributed by atoms with van der Waals surface area (Å²) in [7, 11) is 1.65. The van der Waals surface area contributed by atoms with E-state index < -0.39 is 0 Å². The largest absolute Gasteiger partial charge is 0.497 e. The second-order valence-corrected chi connectivity index (χ2v) is 6.78. The second kappa shape index (κ2) is 7.94. The molecule has 1 heterocycles. The number of benzene rings is 2. The van der Waals surface area contributed by atoms with Gasteiger partial charge in [-0.25, -0.2) is 4.98 Å². The number of hydrogen-bond donors (Lipinski definition) is 1. The zero-order chi connectivity index (χ0) is 17.6. The summed E-state index contributed by atoms with van der Waals surface area (Å²) in [5.74, 6) is 0.828. The van der Waals surface area contributed by atoms with Crippen LogP contribution in [0.4, 0.5) is 0 Å². The lowest BCUT2D eigenvalue weighted by Gasteiger charge is -2.04. The molecule has 1 N–H and O–H groups in total. The third-order valence-corrected chi connectivity index (χ3v) is 5.09. The maximum absolute atomic E-state index is 12.2. The minimum atomic E-state index is 0.0110. The summed E-state index contributed by atoms with van der Waals surface area (Å²) in [6.07, 6.45) is 0.354. The van der Waals surface area contributed by atoms with E-state index >= 15 is 0 Å². The summed E-state index contributed by atoms with van der Waals surface area (Å²) in [6.45, 7) is 2.49. The van der Waals surface area contributed by atoms with Crippen molar-refractivity contribution in [1.82, 2.24) is 10.3 Å². The number of carbonyl (C=O) groups is 1. The summed E-state index contributed by atoms with van der Waals surface area (Å²) < 4.78 is 5.18. The first kappa shape index (κ1) is 17.2. The first-order valence-corrected chi connectivity index (χ1v) is 8.88. The van der Waals surface area contributed by atoms with E-state index in [2.05, 4.69) is 10.3 Å². The van der Waals surface area contributed by atoms with E-state index in [1.54, 1.807) is 18.4 Å². The van der Waals surface area contributed by atoms with Crippen LogP contribution >= 0.6 is 11.3 Å². The van der Waals surface area contributed by atoms with Gasteiger partial charge in [-0.05, 0) is 36.8 Å². The van der Waals surface area contributed by atoms with Crippen LogP contribution in [0.25, 0.3) is 10.6 Å². The molecule has 0 saturated carbocycles. The van der Waals surface area contributed by atoms with Gasteiger partial charge >= 0.3 is 0 Å². The first-order chi connectivity index (χ1) is 12.2. The molecule has 25 heavy (non-hydrogen) atoms. The van der Waals surface area contributed by atoms with Crippen molar-refractivity contribution in [2.75, 3.05) is 7.11 Å². The third-order valence-electron chi connectivity index (χ3n) is 3.88. The van der Waals surface area contributed by atoms with Crippen LogP contribution in [-0.4, -0.2) is 18.0 Å². The number of nitrogens with zero attached hydrogens (tertiary/aromatic N) is 1. The molecule has 2 aromatic carbocycles. The van der Waals surface area contributed by atoms with Crippen LogP contribution in [-0.2, 0) is 17.8 Å². The van der Waals surface area contributed by atoms with Gasteiger partial charge in [0.25, 0.3) is 0 Å². The summed E-state index contributed by atoms with van der Waals surface area (Å²) in [5, 5.41) is 3.88. The molecule has 128 valence electrons. The van der Waals surface area contributed by atoms with Gasteiger partial charge in [-0.15, -0.1) is 11.3 Å². The number of hydrogen-bond acceptors (Lipinski definition) is 4. The molecule has 0 bridgehead atoms. The SMILES string of the molecule is COc1ccc(-c2nc(C)c(CC(=O)NCc3ccccc3)s2)cc1. The molecule has 0 aliphatic heterocycles. The molecule has 0 unspecified atom stereocenters. The van der Waals surface area contributed by atoms with Crippen LogP contribution in [0.3, 0.4) is 0 Å². The second-order valence-electron chi connectivity index (χ2n) is 5.70. The zero-order valence-corrected chi connectivity index (χ0v) is 15.1. The lowest BCUT2D eigenvalue weighted by molar-refractivity contribution is -0.120. The summed E-state index contributed by atoms with van der Waals surface area (Å²) in [4.78, 5) is 17.8. The van der Waals surface area contributed by atoms with Gasteiger partial charge in [-0.1, -0.05) is 30.3 Å². The Bertz CT molecular complexity index is 842. The number of methoxy groups -OCH3 is 1. The topological polar surface area (TPSA) is 51.2 Å². The molecule has 0 aliphatic rings. The Hall–Kier alpha value is -2.66. The Kier molecular flexibility index (Phi) is 5.46. The van der Waals surface area contributed by atoms with Gasteiger partial charge in [0.15, 0.2) is 0 Å². The minimum absolute atomic E-state index is 0.0110. The number of thiazole rings is 1. The van der Waals surface area contributed by atoms with Crippen LogP contribution in [0.15, 0.2) is 54.6 Å². The molecule has 0 atom stereocenters. The van der Waals surface area contributed by atoms with Gasteiger partial charge < -0.3 is 10.1 Å². The number of ether oxygens (including phenoxy) is 1. The summed E-state index contributed by atoms with van der Waals surface area (Å²) in [6, 6.07) is 17.7. The van der Waals surface area contributed by atoms with E-state index in [1.807, 2.05) is 61.5 Å². The van der Waals surface area contributed by atoms with Crippen LogP contribution in [0, 0.1) is 6.92 Å². The van der Waals surface area contributed by atoms with Crippen molar-refractivity contribution >= 4 is 17.2 Å². The van der Waals surface area contributed by atoms with Gasteiger partial charge in [0.05, 0.1) is 19.2 Å². The lowest BCUT2D eigenvalue weighted by atomic mass is 10.2. The predicted molar refractivity (Wildman–Crippen MR) is 101 cm³/mol. The van der Waals surface area contributed by atoms with E-state index in [0.29, 0.717) is 13.0 Å². The number of aryl methyl sites for hydroxylation is 1. The van der Waals surface area contributed by atoms with Crippen LogP contribution in [0.5, 0.6) is 5.75 Å². The number of amides is 1. The van der Waals surface area contributed by atoms with E-state index in [-0.39, 0.29) is 5.91 Å². The fraction of sp³-hybridized carbons (Fsp3) is 0.200. The first-order valence-electron chi connectivity index (χ1n) is 8.07. The average molecular weight is 352 g/mol. The highest BCUT2D eigenvalue weighted by molar-refractivity contribution is 7.15. The van der Waals surface area contributed by atoms with Crippen LogP contribution in [0.1, 0.15) is 16.1 Å². The fourth-order valence-electron chi connectivity index (χ4n) is 2.45. The number of rotatable bonds is 6. The van der Waals surface area contributed by atoms with E-state index in [9.17, 15) is 4.79 Å². The highest BCUT2D eigenvalue weighted by Crippen LogP contribution is 2.29. The van der Waals surface area contributed by atoms with Crippen molar-refractivity contribution in [1.29, 1.82) is 0 Å². The van der Waals surface area contributed by atoms with E-state index in [4.69, 9.17) is 4.74 Å². The number of aromatic nitrogens is 1. The van der Waals surface area contributed by atoms with Crippen LogP contribution < -0.4 is 10.1 Å². The molecule has 1 aromatic heterocycles. The van der Waals surface area contributed by atoms with Crippen LogP contribution in [0.2, 0.25) is 0 Å². The Morgan fingerprint density at radius 3 is 2.52 bits per heavy atom. The van der Waals surface area contributed by atoms with Crippen molar-refractivity contribution in [2.24, 2.45) is 0 Å². The molecule has 3 rings (SSSR count). The number of carbonyl (C=O) groups excluding carboxylic acids is 1. The Labute approximate surface area is 151 Å². The van der Waals surface area contributed by atoms with E-state index in [0.717, 1.165) is 32.5 Å². The Morgan fingerprint density at radius 2 is 1.84 bits per heavy atom. The van der Waals surface area contributed by atoms with Gasteiger partial charge in [0.2, 0.25) is 5.91 Å². The van der Waals surface area contributed by atoms with Gasteiger partial charge in [0.1, 0.15) is 10.8 Å². The average Bonchev–Trinajstić information content (AvgIpc) is 3.01. The minimum Gasteiger partial charge on any atom is -0.497 e. The molecule has 5 heteroatoms. The molecule has 0 radical (unpaired) electrons. The maximum Gasteiger partial charge on any atom is 0.225 e. The third kappa shape index (κ3) is 4.45. The zero-order valence-electron chi connectivity index (χ0n) is 14.3. The standard InChI is InChI=1S/C20H20N2O2S/c1-14-18(12-19(23)21-13-15-6-4-3-5-7-15)25-20(22-14)16-8-10-17(24-2)11-9-16/h3-11H,12-13H2,1-2H3,(H,21,23). The Morgan fingerprint density at radius 1 is 1.12 bits per heavy atom. The highest BCUT2D eigenvalue weighted by Gasteiger charge is 2.13. The highest BCUT2D eigenvalue weighted by atomic mass is 32.1. The van der Waals surface area contributed by atoms with Gasteiger partial charge in [-0.3, -0.25) is 4.79 Å².